The van der Waals surface area contributed by atoms with Crippen LogP contribution in [0.4, 0.5) is 0 Å². The monoisotopic (exact) mass is 296 g/mol. The van der Waals surface area contributed by atoms with Crippen LogP contribution in [0.2, 0.25) is 0 Å². The summed E-state index contributed by atoms with van der Waals surface area (Å²) in [6.45, 7) is 8.65. The molecule has 0 amide bonds. The molecule has 2 nitrogen and oxygen atoms in total. The lowest BCUT2D eigenvalue weighted by atomic mass is 9.90. The number of rotatable bonds is 6. The van der Waals surface area contributed by atoms with Crippen molar-refractivity contribution in [2.24, 2.45) is 5.92 Å². The summed E-state index contributed by atoms with van der Waals surface area (Å²) in [5.74, 6) is 1.35. The summed E-state index contributed by atoms with van der Waals surface area (Å²) in [4.78, 5) is 10.7. The van der Waals surface area contributed by atoms with E-state index in [0.717, 1.165) is 29.6 Å². The van der Waals surface area contributed by atoms with Crippen LogP contribution in [-0.2, 0) is 0 Å². The van der Waals surface area contributed by atoms with Crippen LogP contribution in [-0.4, -0.2) is 11.9 Å². The Labute approximate surface area is 133 Å². The lowest BCUT2D eigenvalue weighted by Crippen LogP contribution is -2.35. The topological polar surface area (TPSA) is 26.3 Å². The maximum absolute atomic E-state index is 10.7. The molecule has 2 heteroatoms. The molecule has 0 saturated carbocycles. The quantitative estimate of drug-likeness (QED) is 0.670. The van der Waals surface area contributed by atoms with Crippen molar-refractivity contribution in [3.05, 3.63) is 54.1 Å². The molecule has 0 aliphatic rings. The summed E-state index contributed by atoms with van der Waals surface area (Å²) >= 11 is 0. The van der Waals surface area contributed by atoms with Gasteiger partial charge in [0.1, 0.15) is 17.6 Å². The van der Waals surface area contributed by atoms with E-state index in [1.807, 2.05) is 36.4 Å². The maximum atomic E-state index is 10.7. The Morgan fingerprint density at radius 1 is 1.09 bits per heavy atom. The molecule has 0 heterocycles. The van der Waals surface area contributed by atoms with Crippen molar-refractivity contribution in [2.75, 3.05) is 0 Å². The minimum absolute atomic E-state index is 0.200. The molecule has 1 atom stereocenters. The van der Waals surface area contributed by atoms with E-state index in [2.05, 4.69) is 39.8 Å². The number of hydrogen-bond donors (Lipinski definition) is 0. The second kappa shape index (κ2) is 6.78. The predicted octanol–water partition coefficient (Wildman–Crippen LogP) is 5.37. The zero-order valence-corrected chi connectivity index (χ0v) is 13.8. The minimum atomic E-state index is -0.200. The predicted molar refractivity (Wildman–Crippen MR) is 91.4 cm³/mol. The first kappa shape index (κ1) is 16.3. The first-order chi connectivity index (χ1) is 10.5. The largest absolute Gasteiger partial charge is 0.488 e. The van der Waals surface area contributed by atoms with Gasteiger partial charge in [0.25, 0.3) is 0 Å². The van der Waals surface area contributed by atoms with Crippen LogP contribution in [0.3, 0.4) is 0 Å². The highest BCUT2D eigenvalue weighted by Gasteiger charge is 2.26. The third kappa shape index (κ3) is 3.76. The normalized spacial score (nSPS) is 12.7. The van der Waals surface area contributed by atoms with Gasteiger partial charge in [-0.15, -0.1) is 0 Å². The fourth-order valence-corrected chi connectivity index (χ4v) is 2.39. The van der Waals surface area contributed by atoms with Crippen LogP contribution in [0.15, 0.2) is 48.5 Å². The van der Waals surface area contributed by atoms with Crippen molar-refractivity contribution in [1.29, 1.82) is 0 Å². The van der Waals surface area contributed by atoms with E-state index < -0.39 is 0 Å². The van der Waals surface area contributed by atoms with Crippen molar-refractivity contribution in [2.45, 2.75) is 39.7 Å². The van der Waals surface area contributed by atoms with Gasteiger partial charge in [-0.25, -0.2) is 0 Å². The fraction of sp³-hybridized carbons (Fsp3) is 0.350. The van der Waals surface area contributed by atoms with Gasteiger partial charge in [0.15, 0.2) is 0 Å². The van der Waals surface area contributed by atoms with E-state index in [-0.39, 0.29) is 5.60 Å². The van der Waals surface area contributed by atoms with Gasteiger partial charge in [-0.1, -0.05) is 50.2 Å². The van der Waals surface area contributed by atoms with Crippen LogP contribution in [0.5, 0.6) is 5.75 Å². The zero-order valence-electron chi connectivity index (χ0n) is 13.8. The Hall–Kier alpha value is -2.09. The number of carbonyl (C=O) groups excluding carboxylic acids is 1. The average Bonchev–Trinajstić information content (AvgIpc) is 2.54. The third-order valence-corrected chi connectivity index (χ3v) is 4.39. The third-order valence-electron chi connectivity index (χ3n) is 4.39. The molecule has 0 aliphatic carbocycles. The van der Waals surface area contributed by atoms with Gasteiger partial charge in [0.05, 0.1) is 0 Å². The van der Waals surface area contributed by atoms with Crippen LogP contribution in [0.1, 0.15) is 44.5 Å². The summed E-state index contributed by atoms with van der Waals surface area (Å²) in [5.41, 5.74) is 2.66. The van der Waals surface area contributed by atoms with Crippen LogP contribution < -0.4 is 4.74 Å². The standard InChI is InChI=1S/C20H24O2/c1-5-15(2)20(3,4)22-19-8-6-7-18(13-19)17-11-9-16(14-21)10-12-17/h6-15H,5H2,1-4H3. The molecule has 2 aromatic rings. The molecule has 2 aromatic carbocycles. The summed E-state index contributed by atoms with van der Waals surface area (Å²) in [6, 6.07) is 15.7. The summed E-state index contributed by atoms with van der Waals surface area (Å²) in [5, 5.41) is 0. The van der Waals surface area contributed by atoms with Gasteiger partial charge in [-0.3, -0.25) is 4.79 Å². The summed E-state index contributed by atoms with van der Waals surface area (Å²) in [6.07, 6.45) is 1.94. The number of ether oxygens (including phenoxy) is 1. The zero-order chi connectivity index (χ0) is 16.2. The number of carbonyl (C=O) groups is 1. The number of benzene rings is 2. The smallest absolute Gasteiger partial charge is 0.150 e. The highest BCUT2D eigenvalue weighted by Crippen LogP contribution is 2.30. The highest BCUT2D eigenvalue weighted by molar-refractivity contribution is 5.77. The van der Waals surface area contributed by atoms with Gasteiger partial charge >= 0.3 is 0 Å². The molecule has 0 N–H and O–H groups in total. The second-order valence-corrected chi connectivity index (χ2v) is 6.28. The van der Waals surface area contributed by atoms with Gasteiger partial charge < -0.3 is 4.74 Å². The fourth-order valence-electron chi connectivity index (χ4n) is 2.39. The van der Waals surface area contributed by atoms with Crippen molar-refractivity contribution in [1.82, 2.24) is 0 Å². The molecule has 0 spiro atoms. The number of hydrogen-bond acceptors (Lipinski definition) is 2. The molecule has 0 saturated heterocycles. The first-order valence-electron chi connectivity index (χ1n) is 7.81. The average molecular weight is 296 g/mol. The lowest BCUT2D eigenvalue weighted by Gasteiger charge is -2.32. The SMILES string of the molecule is CCC(C)C(C)(C)Oc1cccc(-c2ccc(C=O)cc2)c1. The van der Waals surface area contributed by atoms with E-state index in [1.165, 1.54) is 0 Å². The molecular weight excluding hydrogens is 272 g/mol. The van der Waals surface area contributed by atoms with Crippen molar-refractivity contribution in [3.63, 3.8) is 0 Å². The van der Waals surface area contributed by atoms with Crippen molar-refractivity contribution in [3.8, 4) is 16.9 Å². The van der Waals surface area contributed by atoms with E-state index in [9.17, 15) is 4.79 Å². The molecule has 0 radical (unpaired) electrons. The van der Waals surface area contributed by atoms with Gasteiger partial charge in [-0.2, -0.15) is 0 Å². The highest BCUT2D eigenvalue weighted by atomic mass is 16.5. The van der Waals surface area contributed by atoms with E-state index in [1.54, 1.807) is 0 Å². The van der Waals surface area contributed by atoms with Crippen molar-refractivity contribution < 1.29 is 9.53 Å². The molecule has 0 aromatic heterocycles. The molecule has 0 bridgehead atoms. The maximum Gasteiger partial charge on any atom is 0.150 e. The minimum Gasteiger partial charge on any atom is -0.488 e. The van der Waals surface area contributed by atoms with E-state index >= 15 is 0 Å². The van der Waals surface area contributed by atoms with Crippen LogP contribution in [0.25, 0.3) is 11.1 Å². The molecule has 22 heavy (non-hydrogen) atoms. The molecule has 0 fully saturated rings. The summed E-state index contributed by atoms with van der Waals surface area (Å²) < 4.78 is 6.21. The Bertz CT molecular complexity index is 626. The number of aldehydes is 1. The van der Waals surface area contributed by atoms with Crippen LogP contribution >= 0.6 is 0 Å². The lowest BCUT2D eigenvalue weighted by molar-refractivity contribution is 0.0501. The van der Waals surface area contributed by atoms with Gasteiger partial charge in [0.2, 0.25) is 0 Å². The molecule has 1 unspecified atom stereocenters. The molecule has 0 aliphatic heterocycles. The Morgan fingerprint density at radius 3 is 2.36 bits per heavy atom. The van der Waals surface area contributed by atoms with Gasteiger partial charge in [-0.05, 0) is 49.4 Å². The van der Waals surface area contributed by atoms with E-state index in [4.69, 9.17) is 4.74 Å². The molecule has 2 rings (SSSR count). The van der Waals surface area contributed by atoms with E-state index in [0.29, 0.717) is 11.5 Å². The Balaban J connectivity index is 2.24. The Morgan fingerprint density at radius 2 is 1.77 bits per heavy atom. The molecular formula is C20H24O2. The van der Waals surface area contributed by atoms with Crippen molar-refractivity contribution >= 4 is 6.29 Å². The molecule has 116 valence electrons. The second-order valence-electron chi connectivity index (χ2n) is 6.28. The van der Waals surface area contributed by atoms with Gasteiger partial charge in [0, 0.05) is 5.56 Å². The van der Waals surface area contributed by atoms with Crippen LogP contribution in [0, 0.1) is 5.92 Å². The summed E-state index contributed by atoms with van der Waals surface area (Å²) in [7, 11) is 0. The Kier molecular flexibility index (Phi) is 5.02. The first-order valence-corrected chi connectivity index (χ1v) is 7.81.